The molecule has 27 heavy (non-hydrogen) atoms. The summed E-state index contributed by atoms with van der Waals surface area (Å²) in [6.45, 7) is 4.16. The van der Waals surface area contributed by atoms with Gasteiger partial charge in [0, 0.05) is 26.7 Å². The number of hydrogen-bond donors (Lipinski definition) is 0. The van der Waals surface area contributed by atoms with Gasteiger partial charge < -0.3 is 4.90 Å². The number of anilines is 1. The van der Waals surface area contributed by atoms with Crippen LogP contribution in [0, 0.1) is 0 Å². The van der Waals surface area contributed by atoms with E-state index in [-0.39, 0.29) is 5.56 Å². The Balaban J connectivity index is 2.07. The minimum absolute atomic E-state index is 0.0196. The third-order valence-electron chi connectivity index (χ3n) is 4.84. The van der Waals surface area contributed by atoms with Gasteiger partial charge in [0.25, 0.3) is 5.56 Å². The van der Waals surface area contributed by atoms with Crippen LogP contribution in [0.3, 0.4) is 0 Å². The molecule has 0 atom stereocenters. The summed E-state index contributed by atoms with van der Waals surface area (Å²) in [5, 5.41) is 0.961. The zero-order valence-corrected chi connectivity index (χ0v) is 16.8. The summed E-state index contributed by atoms with van der Waals surface area (Å²) in [6, 6.07) is 10.1. The smallest absolute Gasteiger partial charge is 0.276 e. The van der Waals surface area contributed by atoms with Gasteiger partial charge in [0.05, 0.1) is 16.8 Å². The molecule has 0 amide bonds. The van der Waals surface area contributed by atoms with Crippen molar-refractivity contribution < 1.29 is 0 Å². The number of hydrogen-bond acceptors (Lipinski definition) is 5. The Hall–Kier alpha value is -2.73. The normalized spacial score (nSPS) is 11.4. The van der Waals surface area contributed by atoms with Crippen LogP contribution in [0.2, 0.25) is 0 Å². The highest BCUT2D eigenvalue weighted by molar-refractivity contribution is 7.25. The molecule has 4 aromatic rings. The zero-order valence-electron chi connectivity index (χ0n) is 16.0. The summed E-state index contributed by atoms with van der Waals surface area (Å²) in [4.78, 5) is 25.7. The van der Waals surface area contributed by atoms with Gasteiger partial charge in [-0.1, -0.05) is 26.0 Å². The Morgan fingerprint density at radius 2 is 1.81 bits per heavy atom. The minimum atomic E-state index is -0.0196. The van der Waals surface area contributed by atoms with E-state index in [9.17, 15) is 4.79 Å². The van der Waals surface area contributed by atoms with E-state index < -0.39 is 0 Å². The van der Waals surface area contributed by atoms with E-state index in [4.69, 9.17) is 4.98 Å². The topological polar surface area (TPSA) is 51.0 Å². The van der Waals surface area contributed by atoms with Crippen LogP contribution in [0.15, 0.2) is 41.3 Å². The average Bonchev–Trinajstić information content (AvgIpc) is 3.07. The number of thiophene rings is 1. The Morgan fingerprint density at radius 1 is 1.07 bits per heavy atom. The lowest BCUT2D eigenvalue weighted by atomic mass is 10.1. The van der Waals surface area contributed by atoms with Gasteiger partial charge in [-0.15, -0.1) is 11.3 Å². The summed E-state index contributed by atoms with van der Waals surface area (Å²) in [5.41, 5.74) is 3.89. The van der Waals surface area contributed by atoms with Crippen LogP contribution < -0.4 is 10.5 Å². The molecule has 0 saturated carbocycles. The van der Waals surface area contributed by atoms with Gasteiger partial charge >= 0.3 is 0 Å². The molecule has 5 nitrogen and oxygen atoms in total. The van der Waals surface area contributed by atoms with Gasteiger partial charge in [-0.2, -0.15) is 0 Å². The van der Waals surface area contributed by atoms with Crippen LogP contribution in [-0.4, -0.2) is 28.6 Å². The van der Waals surface area contributed by atoms with Gasteiger partial charge in [-0.05, 0) is 30.2 Å². The predicted molar refractivity (Wildman–Crippen MR) is 114 cm³/mol. The van der Waals surface area contributed by atoms with Crippen molar-refractivity contribution in [1.29, 1.82) is 0 Å². The third-order valence-corrected chi connectivity index (χ3v) is 5.92. The molecule has 0 radical (unpaired) electrons. The number of aryl methyl sites for hydroxylation is 2. The monoisotopic (exact) mass is 378 g/mol. The Kier molecular flexibility index (Phi) is 4.44. The molecule has 3 heterocycles. The first kappa shape index (κ1) is 17.7. The highest BCUT2D eigenvalue weighted by atomic mass is 32.1. The maximum Gasteiger partial charge on any atom is 0.276 e. The van der Waals surface area contributed by atoms with Crippen molar-refractivity contribution in [3.05, 3.63) is 58.3 Å². The Morgan fingerprint density at radius 3 is 2.44 bits per heavy atom. The molecule has 0 unspecified atom stereocenters. The van der Waals surface area contributed by atoms with Crippen LogP contribution in [-0.2, 0) is 12.8 Å². The number of nitrogens with zero attached hydrogens (tertiary/aromatic N) is 4. The largest absolute Gasteiger partial charge is 0.377 e. The molecule has 4 rings (SSSR count). The van der Waals surface area contributed by atoms with E-state index in [2.05, 4.69) is 24.0 Å². The molecule has 0 spiro atoms. The minimum Gasteiger partial charge on any atom is -0.377 e. The van der Waals surface area contributed by atoms with Crippen LogP contribution in [0.1, 0.15) is 25.2 Å². The molecule has 0 fully saturated rings. The van der Waals surface area contributed by atoms with Crippen molar-refractivity contribution in [2.24, 2.45) is 0 Å². The van der Waals surface area contributed by atoms with Crippen molar-refractivity contribution in [1.82, 2.24) is 14.5 Å². The summed E-state index contributed by atoms with van der Waals surface area (Å²) in [7, 11) is 3.99. The molecule has 1 aromatic carbocycles. The molecule has 0 aliphatic heterocycles. The lowest BCUT2D eigenvalue weighted by Crippen LogP contribution is -2.22. The molecule has 138 valence electrons. The van der Waals surface area contributed by atoms with Crippen molar-refractivity contribution >= 4 is 37.5 Å². The number of pyridine rings is 1. The number of benzene rings is 1. The van der Waals surface area contributed by atoms with Gasteiger partial charge in [0.1, 0.15) is 20.9 Å². The van der Waals surface area contributed by atoms with E-state index in [1.165, 1.54) is 16.9 Å². The first-order chi connectivity index (χ1) is 13.0. The summed E-state index contributed by atoms with van der Waals surface area (Å²) < 4.78 is 2.40. The molecule has 0 bridgehead atoms. The molecule has 0 aliphatic carbocycles. The molecular formula is C21H22N4OS. The Labute approximate surface area is 161 Å². The molecule has 0 N–H and O–H groups in total. The highest BCUT2D eigenvalue weighted by Crippen LogP contribution is 2.35. The highest BCUT2D eigenvalue weighted by Gasteiger charge is 2.19. The Bertz CT molecular complexity index is 1190. The number of rotatable bonds is 4. The van der Waals surface area contributed by atoms with Crippen molar-refractivity contribution in [3.8, 4) is 5.69 Å². The second-order valence-electron chi connectivity index (χ2n) is 6.73. The fourth-order valence-corrected chi connectivity index (χ4v) is 4.43. The second kappa shape index (κ2) is 6.78. The van der Waals surface area contributed by atoms with Crippen molar-refractivity contribution in [3.63, 3.8) is 0 Å². The summed E-state index contributed by atoms with van der Waals surface area (Å²) in [5.74, 6) is 0.769. The lowest BCUT2D eigenvalue weighted by molar-refractivity contribution is 0.835. The molecule has 0 saturated heterocycles. The van der Waals surface area contributed by atoms with Crippen LogP contribution in [0.25, 0.3) is 26.1 Å². The number of fused-ring (bicyclic) bond motifs is 3. The van der Waals surface area contributed by atoms with Crippen molar-refractivity contribution in [2.45, 2.75) is 26.7 Å². The average molecular weight is 379 g/mol. The molecular weight excluding hydrogens is 356 g/mol. The van der Waals surface area contributed by atoms with Gasteiger partial charge in [0.2, 0.25) is 0 Å². The predicted octanol–water partition coefficient (Wildman–Crippen LogP) is 4.19. The second-order valence-corrected chi connectivity index (χ2v) is 7.73. The van der Waals surface area contributed by atoms with Crippen molar-refractivity contribution in [2.75, 3.05) is 19.0 Å². The fourth-order valence-electron chi connectivity index (χ4n) is 3.40. The standard InChI is InChI=1S/C21H22N4OS/c1-5-13-7-9-14(10-8-13)25-16(6-2)23-18-17-15(24(3)4)11-12-22-20(17)27-19(18)21(25)26/h7-12H,5-6H2,1-4H3. The van der Waals surface area contributed by atoms with Crippen LogP contribution >= 0.6 is 11.3 Å². The maximum atomic E-state index is 13.4. The van der Waals surface area contributed by atoms with Gasteiger partial charge in [-0.25, -0.2) is 9.97 Å². The molecule has 3 aromatic heterocycles. The summed E-state index contributed by atoms with van der Waals surface area (Å²) in [6.07, 6.45) is 3.44. The maximum absolute atomic E-state index is 13.4. The van der Waals surface area contributed by atoms with Gasteiger partial charge in [0.15, 0.2) is 0 Å². The van der Waals surface area contributed by atoms with E-state index in [0.29, 0.717) is 11.1 Å². The SMILES string of the molecule is CCc1ccc(-n2c(CC)nc3c(sc4nccc(N(C)C)c43)c2=O)cc1. The third kappa shape index (κ3) is 2.80. The van der Waals surface area contributed by atoms with E-state index in [1.54, 1.807) is 10.8 Å². The van der Waals surface area contributed by atoms with Crippen LogP contribution in [0.4, 0.5) is 5.69 Å². The van der Waals surface area contributed by atoms with E-state index in [1.807, 2.05) is 44.1 Å². The molecule has 0 aliphatic rings. The lowest BCUT2D eigenvalue weighted by Gasteiger charge is -2.14. The quantitative estimate of drug-likeness (QED) is 0.534. The van der Waals surface area contributed by atoms with E-state index in [0.717, 1.165) is 39.4 Å². The van der Waals surface area contributed by atoms with Gasteiger partial charge in [-0.3, -0.25) is 9.36 Å². The fraction of sp³-hybridized carbons (Fsp3) is 0.286. The van der Waals surface area contributed by atoms with E-state index >= 15 is 0 Å². The molecule has 6 heteroatoms. The number of aromatic nitrogens is 3. The zero-order chi connectivity index (χ0) is 19.1. The van der Waals surface area contributed by atoms with Crippen LogP contribution in [0.5, 0.6) is 0 Å². The first-order valence-corrected chi connectivity index (χ1v) is 9.96. The summed E-state index contributed by atoms with van der Waals surface area (Å²) >= 11 is 1.42. The first-order valence-electron chi connectivity index (χ1n) is 9.14.